The van der Waals surface area contributed by atoms with Gasteiger partial charge < -0.3 is 4.74 Å². The third-order valence-electron chi connectivity index (χ3n) is 5.14. The summed E-state index contributed by atoms with van der Waals surface area (Å²) in [5, 5.41) is 5.09. The Morgan fingerprint density at radius 1 is 0.968 bits per heavy atom. The van der Waals surface area contributed by atoms with Crippen LogP contribution < -0.4 is 10.2 Å². The zero-order valence-corrected chi connectivity index (χ0v) is 17.7. The smallest absolute Gasteiger partial charge is 0.272 e. The lowest BCUT2D eigenvalue weighted by Crippen LogP contribution is -2.20. The molecule has 0 aliphatic rings. The van der Waals surface area contributed by atoms with E-state index in [1.165, 1.54) is 5.56 Å². The lowest BCUT2D eigenvalue weighted by atomic mass is 10.0. The van der Waals surface area contributed by atoms with Crippen LogP contribution >= 0.6 is 0 Å². The summed E-state index contributed by atoms with van der Waals surface area (Å²) in [7, 11) is 1.63. The number of hydrazone groups is 1. The Hall–Kier alpha value is -3.99. The molecule has 0 aliphatic carbocycles. The summed E-state index contributed by atoms with van der Waals surface area (Å²) in [5.41, 5.74) is 8.48. The van der Waals surface area contributed by atoms with Gasteiger partial charge in [0.25, 0.3) is 5.91 Å². The summed E-state index contributed by atoms with van der Waals surface area (Å²) in [4.78, 5) is 17.8. The summed E-state index contributed by atoms with van der Waals surface area (Å²) in [5.74, 6) is 0.493. The van der Waals surface area contributed by atoms with E-state index in [1.54, 1.807) is 7.11 Å². The molecule has 154 valence electrons. The first kappa shape index (κ1) is 20.3. The Bertz CT molecular complexity index is 1260. The number of carbonyl (C=O) groups excluding carboxylic acids is 1. The van der Waals surface area contributed by atoms with Gasteiger partial charge in [-0.15, -0.1) is 0 Å². The quantitative estimate of drug-likeness (QED) is 0.356. The number of hydrogen-bond donors (Lipinski definition) is 1. The minimum atomic E-state index is -0.278. The van der Waals surface area contributed by atoms with E-state index in [0.29, 0.717) is 11.3 Å². The predicted molar refractivity (Wildman–Crippen MR) is 125 cm³/mol. The van der Waals surface area contributed by atoms with Gasteiger partial charge in [0.2, 0.25) is 0 Å². The number of para-hydroxylation sites is 1. The average molecular weight is 409 g/mol. The maximum atomic E-state index is 13.1. The highest BCUT2D eigenvalue weighted by atomic mass is 16.5. The van der Waals surface area contributed by atoms with Gasteiger partial charge in [-0.25, -0.2) is 10.4 Å². The summed E-state index contributed by atoms with van der Waals surface area (Å²) < 4.78 is 5.18. The lowest BCUT2D eigenvalue weighted by molar-refractivity contribution is 0.0956. The first-order chi connectivity index (χ1) is 15.0. The lowest BCUT2D eigenvalue weighted by Gasteiger charge is -2.10. The van der Waals surface area contributed by atoms with Gasteiger partial charge in [-0.3, -0.25) is 4.79 Å². The molecule has 0 spiro atoms. The van der Waals surface area contributed by atoms with E-state index in [4.69, 9.17) is 9.72 Å². The van der Waals surface area contributed by atoms with Crippen LogP contribution in [0.5, 0.6) is 5.75 Å². The maximum absolute atomic E-state index is 13.1. The third-order valence-corrected chi connectivity index (χ3v) is 5.14. The Morgan fingerprint density at radius 3 is 2.39 bits per heavy atom. The fraction of sp³-hybridized carbons (Fsp3) is 0.115. The zero-order valence-electron chi connectivity index (χ0n) is 17.7. The van der Waals surface area contributed by atoms with Crippen molar-refractivity contribution in [1.29, 1.82) is 0 Å². The minimum absolute atomic E-state index is 0.278. The molecule has 0 radical (unpaired) electrons. The molecular weight excluding hydrogens is 386 g/mol. The van der Waals surface area contributed by atoms with E-state index >= 15 is 0 Å². The van der Waals surface area contributed by atoms with Crippen molar-refractivity contribution < 1.29 is 9.53 Å². The van der Waals surface area contributed by atoms with Gasteiger partial charge in [-0.05, 0) is 55.8 Å². The molecule has 0 fully saturated rings. The predicted octanol–water partition coefficient (Wildman–Crippen LogP) is 5.37. The van der Waals surface area contributed by atoms with Crippen LogP contribution in [0.1, 0.15) is 28.4 Å². The second-order valence-electron chi connectivity index (χ2n) is 7.30. The van der Waals surface area contributed by atoms with E-state index in [-0.39, 0.29) is 5.91 Å². The summed E-state index contributed by atoms with van der Waals surface area (Å²) >= 11 is 0. The van der Waals surface area contributed by atoms with E-state index in [1.807, 2.05) is 92.7 Å². The Morgan fingerprint density at radius 2 is 1.68 bits per heavy atom. The fourth-order valence-corrected chi connectivity index (χ4v) is 3.33. The summed E-state index contributed by atoms with van der Waals surface area (Å²) in [6, 6.07) is 25.1. The van der Waals surface area contributed by atoms with Gasteiger partial charge >= 0.3 is 0 Å². The Labute approximate surface area is 181 Å². The van der Waals surface area contributed by atoms with E-state index < -0.39 is 0 Å². The average Bonchev–Trinajstić information content (AvgIpc) is 2.82. The van der Waals surface area contributed by atoms with Crippen LogP contribution in [0, 0.1) is 6.92 Å². The molecule has 0 saturated heterocycles. The fourth-order valence-electron chi connectivity index (χ4n) is 3.33. The van der Waals surface area contributed by atoms with Crippen LogP contribution in [-0.4, -0.2) is 23.7 Å². The number of rotatable bonds is 5. The molecule has 0 atom stereocenters. The topological polar surface area (TPSA) is 63.6 Å². The van der Waals surface area contributed by atoms with Crippen molar-refractivity contribution in [1.82, 2.24) is 10.4 Å². The molecule has 5 heteroatoms. The first-order valence-corrected chi connectivity index (χ1v) is 10.0. The van der Waals surface area contributed by atoms with Gasteiger partial charge in [0, 0.05) is 10.9 Å². The number of benzene rings is 3. The number of carbonyl (C=O) groups is 1. The molecule has 3 aromatic carbocycles. The van der Waals surface area contributed by atoms with Gasteiger partial charge in [0.1, 0.15) is 5.75 Å². The normalized spacial score (nSPS) is 11.4. The third kappa shape index (κ3) is 4.46. The number of hydrogen-bond acceptors (Lipinski definition) is 4. The highest BCUT2D eigenvalue weighted by Crippen LogP contribution is 2.25. The number of aromatic nitrogens is 1. The molecule has 1 amide bonds. The number of amides is 1. The standard InChI is InChI=1S/C26H23N3O2/c1-17-8-10-20(11-9-17)25-16-23(22-6-4-5-7-24(22)27-25)26(30)29-28-18(2)19-12-14-21(31-3)15-13-19/h4-16H,1-3H3,(H,29,30)/b28-18+. The molecule has 0 saturated carbocycles. The van der Waals surface area contributed by atoms with E-state index in [0.717, 1.165) is 33.5 Å². The largest absolute Gasteiger partial charge is 0.497 e. The van der Waals surface area contributed by atoms with Gasteiger partial charge in [0.05, 0.1) is 29.6 Å². The highest BCUT2D eigenvalue weighted by molar-refractivity contribution is 6.08. The number of pyridine rings is 1. The molecule has 4 rings (SSSR count). The minimum Gasteiger partial charge on any atom is -0.497 e. The van der Waals surface area contributed by atoms with Crippen LogP contribution in [0.3, 0.4) is 0 Å². The molecule has 1 aromatic heterocycles. The van der Waals surface area contributed by atoms with Crippen LogP contribution in [0.4, 0.5) is 0 Å². The van der Waals surface area contributed by atoms with Crippen molar-refractivity contribution >= 4 is 22.5 Å². The number of nitrogens with one attached hydrogen (secondary N) is 1. The molecule has 0 bridgehead atoms. The van der Waals surface area contributed by atoms with Crippen molar-refractivity contribution in [2.45, 2.75) is 13.8 Å². The van der Waals surface area contributed by atoms with E-state index in [9.17, 15) is 4.79 Å². The molecule has 31 heavy (non-hydrogen) atoms. The Balaban J connectivity index is 1.67. The van der Waals surface area contributed by atoms with Crippen LogP contribution in [0.15, 0.2) is 84.0 Å². The molecule has 5 nitrogen and oxygen atoms in total. The molecular formula is C26H23N3O2. The van der Waals surface area contributed by atoms with Gasteiger partial charge in [0.15, 0.2) is 0 Å². The molecule has 1 N–H and O–H groups in total. The molecule has 1 heterocycles. The SMILES string of the molecule is COc1ccc(/C(C)=N/NC(=O)c2cc(-c3ccc(C)cc3)nc3ccccc23)cc1. The van der Waals surface area contributed by atoms with Crippen molar-refractivity contribution in [3.8, 4) is 17.0 Å². The number of ether oxygens (including phenoxy) is 1. The summed E-state index contributed by atoms with van der Waals surface area (Å²) in [6.45, 7) is 3.89. The zero-order chi connectivity index (χ0) is 21.8. The molecule has 4 aromatic rings. The van der Waals surface area contributed by atoms with Crippen LogP contribution in [0.2, 0.25) is 0 Å². The first-order valence-electron chi connectivity index (χ1n) is 10.0. The Kier molecular flexibility index (Phi) is 5.76. The van der Waals surface area contributed by atoms with Crippen LogP contribution in [-0.2, 0) is 0 Å². The number of fused-ring (bicyclic) bond motifs is 1. The van der Waals surface area contributed by atoms with Crippen molar-refractivity contribution in [3.05, 3.63) is 95.6 Å². The number of nitrogens with zero attached hydrogens (tertiary/aromatic N) is 2. The molecule has 0 unspecified atom stereocenters. The van der Waals surface area contributed by atoms with E-state index in [2.05, 4.69) is 10.5 Å². The van der Waals surface area contributed by atoms with Crippen molar-refractivity contribution in [2.24, 2.45) is 5.10 Å². The monoisotopic (exact) mass is 409 g/mol. The molecule has 0 aliphatic heterocycles. The van der Waals surface area contributed by atoms with Gasteiger partial charge in [-0.2, -0.15) is 5.10 Å². The van der Waals surface area contributed by atoms with Gasteiger partial charge in [-0.1, -0.05) is 48.0 Å². The maximum Gasteiger partial charge on any atom is 0.272 e. The highest BCUT2D eigenvalue weighted by Gasteiger charge is 2.14. The second-order valence-corrected chi connectivity index (χ2v) is 7.30. The number of aryl methyl sites for hydroxylation is 1. The van der Waals surface area contributed by atoms with Crippen molar-refractivity contribution in [2.75, 3.05) is 7.11 Å². The van der Waals surface area contributed by atoms with Crippen LogP contribution in [0.25, 0.3) is 22.2 Å². The summed E-state index contributed by atoms with van der Waals surface area (Å²) in [6.07, 6.45) is 0. The second kappa shape index (κ2) is 8.79. The number of methoxy groups -OCH3 is 1. The van der Waals surface area contributed by atoms with Crippen molar-refractivity contribution in [3.63, 3.8) is 0 Å².